The Bertz CT molecular complexity index is 460. The standard InChI is InChI=1S/C12H13FN2O3/c13-8-2-1-3-9(16)11(8)12(18)15-7-4-5-10(17)14-6-7/h1-3,7,16H,4-6H2,(H,14,17)(H,15,18). The largest absolute Gasteiger partial charge is 0.507 e. The maximum Gasteiger partial charge on any atom is 0.258 e. The highest BCUT2D eigenvalue weighted by Gasteiger charge is 2.23. The van der Waals surface area contributed by atoms with Crippen molar-refractivity contribution < 1.29 is 19.1 Å². The van der Waals surface area contributed by atoms with Crippen LogP contribution in [0, 0.1) is 5.82 Å². The minimum absolute atomic E-state index is 0.0609. The molecule has 5 nitrogen and oxygen atoms in total. The molecule has 1 fully saturated rings. The SMILES string of the molecule is O=C1CCC(NC(=O)c2c(O)cccc2F)CN1. The zero-order valence-corrected chi connectivity index (χ0v) is 9.57. The van der Waals surface area contributed by atoms with E-state index in [-0.39, 0.29) is 17.5 Å². The number of piperidine rings is 1. The Morgan fingerprint density at radius 1 is 1.50 bits per heavy atom. The monoisotopic (exact) mass is 252 g/mol. The highest BCUT2D eigenvalue weighted by molar-refractivity contribution is 5.97. The predicted octanol–water partition coefficient (Wildman–Crippen LogP) is 0.540. The molecule has 1 aliphatic heterocycles. The average molecular weight is 252 g/mol. The summed E-state index contributed by atoms with van der Waals surface area (Å²) in [4.78, 5) is 22.8. The number of carbonyl (C=O) groups excluding carboxylic acids is 2. The molecule has 0 bridgehead atoms. The van der Waals surface area contributed by atoms with E-state index in [1.54, 1.807) is 0 Å². The molecule has 1 heterocycles. The first-order chi connectivity index (χ1) is 8.58. The number of rotatable bonds is 2. The quantitative estimate of drug-likeness (QED) is 0.718. The van der Waals surface area contributed by atoms with Crippen LogP contribution in [0.3, 0.4) is 0 Å². The summed E-state index contributed by atoms with van der Waals surface area (Å²) in [6.45, 7) is 0.319. The van der Waals surface area contributed by atoms with Gasteiger partial charge in [-0.2, -0.15) is 0 Å². The third-order valence-corrected chi connectivity index (χ3v) is 2.82. The summed E-state index contributed by atoms with van der Waals surface area (Å²) in [5.74, 6) is -1.90. The lowest BCUT2D eigenvalue weighted by Crippen LogP contribution is -2.47. The number of carbonyl (C=O) groups is 2. The molecule has 96 valence electrons. The summed E-state index contributed by atoms with van der Waals surface area (Å²) in [6, 6.07) is 3.44. The van der Waals surface area contributed by atoms with Crippen LogP contribution in [0.1, 0.15) is 23.2 Å². The fraction of sp³-hybridized carbons (Fsp3) is 0.333. The summed E-state index contributed by atoms with van der Waals surface area (Å²) >= 11 is 0. The Labute approximate surface area is 103 Å². The third-order valence-electron chi connectivity index (χ3n) is 2.82. The van der Waals surface area contributed by atoms with Crippen molar-refractivity contribution in [3.63, 3.8) is 0 Å². The van der Waals surface area contributed by atoms with Gasteiger partial charge in [-0.1, -0.05) is 6.07 Å². The average Bonchev–Trinajstić information content (AvgIpc) is 2.32. The zero-order chi connectivity index (χ0) is 13.1. The van der Waals surface area contributed by atoms with Gasteiger partial charge >= 0.3 is 0 Å². The van der Waals surface area contributed by atoms with Gasteiger partial charge in [0.1, 0.15) is 17.1 Å². The van der Waals surface area contributed by atoms with E-state index in [1.807, 2.05) is 0 Å². The van der Waals surface area contributed by atoms with Crippen molar-refractivity contribution in [1.29, 1.82) is 0 Å². The molecular weight excluding hydrogens is 239 g/mol. The lowest BCUT2D eigenvalue weighted by atomic mass is 10.1. The Balaban J connectivity index is 2.06. The second-order valence-electron chi connectivity index (χ2n) is 4.15. The molecule has 1 aromatic rings. The molecular formula is C12H13FN2O3. The van der Waals surface area contributed by atoms with Crippen LogP contribution in [-0.2, 0) is 4.79 Å². The fourth-order valence-corrected chi connectivity index (χ4v) is 1.85. The van der Waals surface area contributed by atoms with Gasteiger partial charge in [0.25, 0.3) is 5.91 Å². The number of phenols is 1. The molecule has 0 radical (unpaired) electrons. The molecule has 2 rings (SSSR count). The minimum atomic E-state index is -0.771. The lowest BCUT2D eigenvalue weighted by Gasteiger charge is -2.23. The van der Waals surface area contributed by atoms with E-state index in [2.05, 4.69) is 10.6 Å². The fourth-order valence-electron chi connectivity index (χ4n) is 1.85. The molecule has 18 heavy (non-hydrogen) atoms. The van der Waals surface area contributed by atoms with Crippen molar-refractivity contribution >= 4 is 11.8 Å². The van der Waals surface area contributed by atoms with Crippen molar-refractivity contribution in [3.8, 4) is 5.75 Å². The van der Waals surface area contributed by atoms with Crippen LogP contribution in [0.4, 0.5) is 4.39 Å². The molecule has 1 aliphatic rings. The Morgan fingerprint density at radius 2 is 2.28 bits per heavy atom. The first-order valence-electron chi connectivity index (χ1n) is 5.63. The number of hydrogen-bond donors (Lipinski definition) is 3. The van der Waals surface area contributed by atoms with Crippen molar-refractivity contribution in [3.05, 3.63) is 29.6 Å². The Morgan fingerprint density at radius 3 is 2.89 bits per heavy atom. The molecule has 0 aromatic heterocycles. The maximum atomic E-state index is 13.4. The van der Waals surface area contributed by atoms with E-state index in [1.165, 1.54) is 12.1 Å². The first-order valence-corrected chi connectivity index (χ1v) is 5.63. The van der Waals surface area contributed by atoms with Crippen LogP contribution in [0.5, 0.6) is 5.75 Å². The normalized spacial score (nSPS) is 19.2. The minimum Gasteiger partial charge on any atom is -0.507 e. The number of benzene rings is 1. The molecule has 6 heteroatoms. The van der Waals surface area contributed by atoms with Gasteiger partial charge in [-0.25, -0.2) is 4.39 Å². The van der Waals surface area contributed by atoms with Gasteiger partial charge in [-0.05, 0) is 18.6 Å². The molecule has 1 saturated heterocycles. The number of amides is 2. The van der Waals surface area contributed by atoms with Gasteiger partial charge < -0.3 is 15.7 Å². The highest BCUT2D eigenvalue weighted by atomic mass is 19.1. The second-order valence-corrected chi connectivity index (χ2v) is 4.15. The molecule has 3 N–H and O–H groups in total. The summed E-state index contributed by atoms with van der Waals surface area (Å²) < 4.78 is 13.4. The number of halogens is 1. The smallest absolute Gasteiger partial charge is 0.258 e. The van der Waals surface area contributed by atoms with E-state index in [0.29, 0.717) is 19.4 Å². The van der Waals surface area contributed by atoms with Gasteiger partial charge in [0.2, 0.25) is 5.91 Å². The number of nitrogens with one attached hydrogen (secondary N) is 2. The van der Waals surface area contributed by atoms with Gasteiger partial charge in [0, 0.05) is 19.0 Å². The summed E-state index contributed by atoms with van der Waals surface area (Å²) in [5, 5.41) is 14.7. The van der Waals surface area contributed by atoms with E-state index >= 15 is 0 Å². The Kier molecular flexibility index (Phi) is 3.45. The van der Waals surface area contributed by atoms with Crippen LogP contribution >= 0.6 is 0 Å². The number of phenolic OH excluding ortho intramolecular Hbond substituents is 1. The van der Waals surface area contributed by atoms with E-state index in [4.69, 9.17) is 0 Å². The molecule has 1 unspecified atom stereocenters. The maximum absolute atomic E-state index is 13.4. The van der Waals surface area contributed by atoms with E-state index in [9.17, 15) is 19.1 Å². The number of hydrogen-bond acceptors (Lipinski definition) is 3. The van der Waals surface area contributed by atoms with Gasteiger partial charge in [-0.3, -0.25) is 9.59 Å². The Hall–Kier alpha value is -2.11. The lowest BCUT2D eigenvalue weighted by molar-refractivity contribution is -0.122. The van der Waals surface area contributed by atoms with Crippen LogP contribution in [0.25, 0.3) is 0 Å². The van der Waals surface area contributed by atoms with E-state index in [0.717, 1.165) is 6.07 Å². The van der Waals surface area contributed by atoms with Crippen LogP contribution < -0.4 is 10.6 Å². The van der Waals surface area contributed by atoms with Crippen molar-refractivity contribution in [1.82, 2.24) is 10.6 Å². The first kappa shape index (κ1) is 12.3. The van der Waals surface area contributed by atoms with Gasteiger partial charge in [0.05, 0.1) is 0 Å². The van der Waals surface area contributed by atoms with Gasteiger partial charge in [-0.15, -0.1) is 0 Å². The molecule has 0 saturated carbocycles. The highest BCUT2D eigenvalue weighted by Crippen LogP contribution is 2.19. The topological polar surface area (TPSA) is 78.4 Å². The van der Waals surface area contributed by atoms with E-state index < -0.39 is 17.5 Å². The molecule has 1 aromatic carbocycles. The summed E-state index contributed by atoms with van der Waals surface area (Å²) in [6.07, 6.45) is 0.834. The van der Waals surface area contributed by atoms with Crippen molar-refractivity contribution in [2.45, 2.75) is 18.9 Å². The van der Waals surface area contributed by atoms with Crippen molar-refractivity contribution in [2.24, 2.45) is 0 Å². The predicted molar refractivity (Wildman–Crippen MR) is 61.6 cm³/mol. The molecule has 0 aliphatic carbocycles. The van der Waals surface area contributed by atoms with Gasteiger partial charge in [0.15, 0.2) is 0 Å². The van der Waals surface area contributed by atoms with Crippen molar-refractivity contribution in [2.75, 3.05) is 6.54 Å². The van der Waals surface area contributed by atoms with Crippen LogP contribution in [-0.4, -0.2) is 29.5 Å². The molecule has 1 atom stereocenters. The molecule has 2 amide bonds. The van der Waals surface area contributed by atoms with Crippen LogP contribution in [0.2, 0.25) is 0 Å². The summed E-state index contributed by atoms with van der Waals surface area (Å²) in [5.41, 5.74) is -0.366. The summed E-state index contributed by atoms with van der Waals surface area (Å²) in [7, 11) is 0. The zero-order valence-electron chi connectivity index (χ0n) is 9.57. The number of aromatic hydroxyl groups is 1. The third kappa shape index (κ3) is 2.58. The second kappa shape index (κ2) is 5.03. The van der Waals surface area contributed by atoms with Crippen LogP contribution in [0.15, 0.2) is 18.2 Å². The molecule has 0 spiro atoms.